The van der Waals surface area contributed by atoms with Gasteiger partial charge < -0.3 is 15.4 Å². The van der Waals surface area contributed by atoms with Crippen LogP contribution in [0.5, 0.6) is 0 Å². The van der Waals surface area contributed by atoms with E-state index in [1.54, 1.807) is 0 Å². The second kappa shape index (κ2) is 11.7. The summed E-state index contributed by atoms with van der Waals surface area (Å²) in [6.45, 7) is 3.91. The van der Waals surface area contributed by atoms with Crippen molar-refractivity contribution in [3.8, 4) is 0 Å². The number of aromatic nitrogens is 1. The number of nitrogens with zero attached hydrogens (tertiary/aromatic N) is 2. The quantitative estimate of drug-likeness (QED) is 0.507. The van der Waals surface area contributed by atoms with Gasteiger partial charge >= 0.3 is 0 Å². The van der Waals surface area contributed by atoms with Crippen molar-refractivity contribution in [3.63, 3.8) is 0 Å². The first-order chi connectivity index (χ1) is 16.2. The summed E-state index contributed by atoms with van der Waals surface area (Å²) >= 11 is 1.23. The van der Waals surface area contributed by atoms with Crippen molar-refractivity contribution in [3.05, 3.63) is 82.4 Å². The van der Waals surface area contributed by atoms with Gasteiger partial charge in [0.2, 0.25) is 5.91 Å². The minimum absolute atomic E-state index is 0.109. The van der Waals surface area contributed by atoms with E-state index < -0.39 is 0 Å². The smallest absolute Gasteiger partial charge is 0.263 e. The number of anilines is 1. The molecule has 0 bridgehead atoms. The molecule has 1 aliphatic rings. The Kier molecular flexibility index (Phi) is 8.19. The number of benzene rings is 2. The summed E-state index contributed by atoms with van der Waals surface area (Å²) in [7, 11) is 0. The van der Waals surface area contributed by atoms with Gasteiger partial charge in [-0.15, -0.1) is 0 Å². The third-order valence-electron chi connectivity index (χ3n) is 5.41. The van der Waals surface area contributed by atoms with Crippen molar-refractivity contribution >= 4 is 28.3 Å². The maximum atomic E-state index is 13.0. The lowest BCUT2D eigenvalue weighted by molar-refractivity contribution is -0.116. The molecule has 1 fully saturated rings. The number of rotatable bonds is 9. The second-order valence-corrected chi connectivity index (χ2v) is 8.88. The highest BCUT2D eigenvalue weighted by Crippen LogP contribution is 2.25. The summed E-state index contributed by atoms with van der Waals surface area (Å²) in [6.07, 6.45) is 1.01. The zero-order valence-corrected chi connectivity index (χ0v) is 19.3. The lowest BCUT2D eigenvalue weighted by atomic mass is 10.1. The largest absolute Gasteiger partial charge is 0.379 e. The van der Waals surface area contributed by atoms with Crippen LogP contribution in [0.3, 0.4) is 0 Å². The van der Waals surface area contributed by atoms with E-state index in [1.807, 2.05) is 60.7 Å². The fraction of sp³-hybridized carbons (Fsp3) is 0.320. The van der Waals surface area contributed by atoms with Gasteiger partial charge in [-0.25, -0.2) is 4.98 Å². The number of thiazole rings is 1. The summed E-state index contributed by atoms with van der Waals surface area (Å²) in [5.41, 5.74) is 2.83. The van der Waals surface area contributed by atoms with Crippen molar-refractivity contribution in [1.29, 1.82) is 0 Å². The SMILES string of the molecule is O=C(CCc1ccccc1)Nc1nc(CN2CCOCC2)c(C(=O)NCc2ccccc2)s1. The van der Waals surface area contributed by atoms with Gasteiger partial charge in [-0.3, -0.25) is 14.5 Å². The average molecular weight is 465 g/mol. The molecule has 8 heteroatoms. The number of amides is 2. The number of hydrogen-bond acceptors (Lipinski definition) is 6. The van der Waals surface area contributed by atoms with Crippen molar-refractivity contribution in [2.45, 2.75) is 25.9 Å². The molecule has 0 atom stereocenters. The molecule has 0 radical (unpaired) electrons. The Bertz CT molecular complexity index is 1050. The van der Waals surface area contributed by atoms with E-state index in [1.165, 1.54) is 11.3 Å². The zero-order chi connectivity index (χ0) is 22.9. The molecular formula is C25H28N4O3S. The molecule has 0 unspecified atom stereocenters. The lowest BCUT2D eigenvalue weighted by Crippen LogP contribution is -2.36. The summed E-state index contributed by atoms with van der Waals surface area (Å²) in [5, 5.41) is 6.33. The highest BCUT2D eigenvalue weighted by Gasteiger charge is 2.22. The van der Waals surface area contributed by atoms with Crippen LogP contribution in [-0.2, 0) is 29.0 Å². The first kappa shape index (κ1) is 23.1. The van der Waals surface area contributed by atoms with E-state index in [4.69, 9.17) is 4.74 Å². The summed E-state index contributed by atoms with van der Waals surface area (Å²) in [4.78, 5) is 32.9. The number of carbonyl (C=O) groups excluding carboxylic acids is 2. The fourth-order valence-corrected chi connectivity index (χ4v) is 4.51. The van der Waals surface area contributed by atoms with E-state index in [0.717, 1.165) is 24.2 Å². The third kappa shape index (κ3) is 6.95. The molecule has 1 aliphatic heterocycles. The predicted molar refractivity (Wildman–Crippen MR) is 129 cm³/mol. The first-order valence-electron chi connectivity index (χ1n) is 11.1. The summed E-state index contributed by atoms with van der Waals surface area (Å²) in [5.74, 6) is -0.286. The molecule has 2 amide bonds. The molecule has 2 N–H and O–H groups in total. The fourth-order valence-electron chi connectivity index (χ4n) is 3.60. The second-order valence-electron chi connectivity index (χ2n) is 7.89. The van der Waals surface area contributed by atoms with E-state index in [-0.39, 0.29) is 11.8 Å². The number of carbonyl (C=O) groups is 2. The van der Waals surface area contributed by atoms with Crippen LogP contribution in [0.25, 0.3) is 0 Å². The molecule has 2 aromatic carbocycles. The molecule has 172 valence electrons. The van der Waals surface area contributed by atoms with E-state index in [9.17, 15) is 9.59 Å². The van der Waals surface area contributed by atoms with Gasteiger partial charge in [0.05, 0.1) is 18.9 Å². The Labute approximate surface area is 197 Å². The van der Waals surface area contributed by atoms with Gasteiger partial charge in [0.25, 0.3) is 5.91 Å². The van der Waals surface area contributed by atoms with Crippen LogP contribution in [0.4, 0.5) is 5.13 Å². The highest BCUT2D eigenvalue weighted by molar-refractivity contribution is 7.17. The molecule has 0 saturated carbocycles. The standard InChI is InChI=1S/C25H28N4O3S/c30-22(12-11-19-7-3-1-4-8-19)28-25-27-21(18-29-13-15-32-16-14-29)23(33-25)24(31)26-17-20-9-5-2-6-10-20/h1-10H,11-18H2,(H,26,31)(H,27,28,30). The van der Waals surface area contributed by atoms with Crippen LogP contribution in [-0.4, -0.2) is 48.0 Å². The average Bonchev–Trinajstić information content (AvgIpc) is 3.25. The van der Waals surface area contributed by atoms with Crippen LogP contribution >= 0.6 is 11.3 Å². The maximum absolute atomic E-state index is 13.0. The Balaban J connectivity index is 1.42. The molecule has 3 aromatic rings. The molecule has 1 saturated heterocycles. The van der Waals surface area contributed by atoms with Gasteiger partial charge in [-0.2, -0.15) is 0 Å². The highest BCUT2D eigenvalue weighted by atomic mass is 32.1. The topological polar surface area (TPSA) is 83.6 Å². The molecular weight excluding hydrogens is 436 g/mol. The molecule has 33 heavy (non-hydrogen) atoms. The van der Waals surface area contributed by atoms with E-state index in [2.05, 4.69) is 20.5 Å². The van der Waals surface area contributed by atoms with Gasteiger partial charge in [0.15, 0.2) is 5.13 Å². The molecule has 4 rings (SSSR count). The summed E-state index contributed by atoms with van der Waals surface area (Å²) < 4.78 is 5.43. The maximum Gasteiger partial charge on any atom is 0.263 e. The number of nitrogens with one attached hydrogen (secondary N) is 2. The van der Waals surface area contributed by atoms with E-state index >= 15 is 0 Å². The Hall–Kier alpha value is -3.07. The van der Waals surface area contributed by atoms with Gasteiger partial charge in [0, 0.05) is 32.6 Å². The molecule has 0 spiro atoms. The normalized spacial score (nSPS) is 14.1. The number of aryl methyl sites for hydroxylation is 1. The van der Waals surface area contributed by atoms with Crippen LogP contribution in [0.2, 0.25) is 0 Å². The summed E-state index contributed by atoms with van der Waals surface area (Å²) in [6, 6.07) is 19.7. The zero-order valence-electron chi connectivity index (χ0n) is 18.5. The first-order valence-corrected chi connectivity index (χ1v) is 11.9. The Morgan fingerprint density at radius 3 is 2.33 bits per heavy atom. The van der Waals surface area contributed by atoms with Crippen LogP contribution in [0, 0.1) is 0 Å². The van der Waals surface area contributed by atoms with Crippen molar-refractivity contribution < 1.29 is 14.3 Å². The lowest BCUT2D eigenvalue weighted by Gasteiger charge is -2.26. The van der Waals surface area contributed by atoms with E-state index in [0.29, 0.717) is 54.8 Å². The van der Waals surface area contributed by atoms with Crippen LogP contribution in [0.15, 0.2) is 60.7 Å². The number of morpholine rings is 1. The van der Waals surface area contributed by atoms with Crippen LogP contribution < -0.4 is 10.6 Å². The van der Waals surface area contributed by atoms with Crippen molar-refractivity contribution in [1.82, 2.24) is 15.2 Å². The number of hydrogen-bond donors (Lipinski definition) is 2. The molecule has 7 nitrogen and oxygen atoms in total. The van der Waals surface area contributed by atoms with Gasteiger partial charge in [0.1, 0.15) is 4.88 Å². The predicted octanol–water partition coefficient (Wildman–Crippen LogP) is 3.48. The Morgan fingerprint density at radius 2 is 1.64 bits per heavy atom. The molecule has 0 aliphatic carbocycles. The molecule has 1 aromatic heterocycles. The van der Waals surface area contributed by atoms with Crippen LogP contribution in [0.1, 0.15) is 32.9 Å². The van der Waals surface area contributed by atoms with Crippen molar-refractivity contribution in [2.24, 2.45) is 0 Å². The number of ether oxygens (including phenoxy) is 1. The monoisotopic (exact) mass is 464 g/mol. The van der Waals surface area contributed by atoms with Crippen molar-refractivity contribution in [2.75, 3.05) is 31.6 Å². The minimum Gasteiger partial charge on any atom is -0.379 e. The molecule has 2 heterocycles. The Morgan fingerprint density at radius 1 is 0.970 bits per heavy atom. The minimum atomic E-state index is -0.176. The third-order valence-corrected chi connectivity index (χ3v) is 6.42. The van der Waals surface area contributed by atoms with Gasteiger partial charge in [-0.05, 0) is 17.5 Å². The van der Waals surface area contributed by atoms with Gasteiger partial charge in [-0.1, -0.05) is 72.0 Å².